The van der Waals surface area contributed by atoms with Crippen molar-refractivity contribution in [3.8, 4) is 0 Å². The lowest BCUT2D eigenvalue weighted by molar-refractivity contribution is 0.0651. The van der Waals surface area contributed by atoms with Gasteiger partial charge in [-0.1, -0.05) is 11.6 Å². The molecule has 1 N–H and O–H groups in total. The van der Waals surface area contributed by atoms with E-state index in [2.05, 4.69) is 4.98 Å². The van der Waals surface area contributed by atoms with Gasteiger partial charge in [-0.05, 0) is 30.9 Å². The van der Waals surface area contributed by atoms with Crippen molar-refractivity contribution in [2.24, 2.45) is 5.92 Å². The maximum Gasteiger partial charge on any atom is 0.254 e. The van der Waals surface area contributed by atoms with E-state index in [9.17, 15) is 4.79 Å². The van der Waals surface area contributed by atoms with Crippen molar-refractivity contribution in [3.63, 3.8) is 0 Å². The number of likely N-dealkylation sites (tertiary alicyclic amines) is 1. The Balaban J connectivity index is 2.13. The molecule has 5 nitrogen and oxygen atoms in total. The molecule has 2 heterocycles. The standard InChI is InChI=1S/C14H20ClN3O2/c1-17(2)13-8-11(7-12(15)16-13)14(20)18-5-3-10(9-19)4-6-18/h7-8,10,19H,3-6,9H2,1-2H3. The van der Waals surface area contributed by atoms with Gasteiger partial charge in [-0.3, -0.25) is 4.79 Å². The Morgan fingerprint density at radius 2 is 2.10 bits per heavy atom. The molecule has 2 rings (SSSR count). The Labute approximate surface area is 124 Å². The van der Waals surface area contributed by atoms with Crippen LogP contribution in [0.3, 0.4) is 0 Å². The summed E-state index contributed by atoms with van der Waals surface area (Å²) in [6.07, 6.45) is 1.70. The zero-order chi connectivity index (χ0) is 14.7. The fourth-order valence-electron chi connectivity index (χ4n) is 2.34. The van der Waals surface area contributed by atoms with Crippen molar-refractivity contribution in [3.05, 3.63) is 22.8 Å². The Morgan fingerprint density at radius 1 is 1.45 bits per heavy atom. The Bertz CT molecular complexity index is 485. The quantitative estimate of drug-likeness (QED) is 0.862. The minimum atomic E-state index is -0.0196. The molecule has 0 saturated carbocycles. The minimum Gasteiger partial charge on any atom is -0.396 e. The molecule has 0 bridgehead atoms. The summed E-state index contributed by atoms with van der Waals surface area (Å²) in [4.78, 5) is 20.3. The number of carbonyl (C=O) groups excluding carboxylic acids is 1. The van der Waals surface area contributed by atoms with E-state index in [1.165, 1.54) is 0 Å². The lowest BCUT2D eigenvalue weighted by Gasteiger charge is -2.31. The predicted molar refractivity (Wildman–Crippen MR) is 79.3 cm³/mol. The summed E-state index contributed by atoms with van der Waals surface area (Å²) in [5, 5.41) is 9.46. The normalized spacial score (nSPS) is 16.3. The summed E-state index contributed by atoms with van der Waals surface area (Å²) < 4.78 is 0. The van der Waals surface area contributed by atoms with Gasteiger partial charge in [-0.25, -0.2) is 4.98 Å². The molecular weight excluding hydrogens is 278 g/mol. The van der Waals surface area contributed by atoms with E-state index in [0.29, 0.717) is 35.5 Å². The average molecular weight is 298 g/mol. The van der Waals surface area contributed by atoms with Crippen LogP contribution < -0.4 is 4.90 Å². The van der Waals surface area contributed by atoms with E-state index in [-0.39, 0.29) is 12.5 Å². The average Bonchev–Trinajstić information content (AvgIpc) is 2.46. The number of amides is 1. The second kappa shape index (κ2) is 6.41. The van der Waals surface area contributed by atoms with Crippen LogP contribution in [-0.2, 0) is 0 Å². The van der Waals surface area contributed by atoms with Gasteiger partial charge in [-0.15, -0.1) is 0 Å². The first kappa shape index (κ1) is 15.1. The van der Waals surface area contributed by atoms with Gasteiger partial charge >= 0.3 is 0 Å². The van der Waals surface area contributed by atoms with Gasteiger partial charge in [0.25, 0.3) is 5.91 Å². The molecule has 1 amide bonds. The summed E-state index contributed by atoms with van der Waals surface area (Å²) >= 11 is 5.98. The third-order valence-corrected chi connectivity index (χ3v) is 3.84. The van der Waals surface area contributed by atoms with Gasteiger partial charge in [0, 0.05) is 39.4 Å². The molecule has 0 atom stereocenters. The van der Waals surface area contributed by atoms with Crippen LogP contribution in [-0.4, -0.2) is 54.7 Å². The number of halogens is 1. The van der Waals surface area contributed by atoms with Gasteiger partial charge in [0.2, 0.25) is 0 Å². The predicted octanol–water partition coefficient (Wildman–Crippen LogP) is 1.65. The maximum absolute atomic E-state index is 12.5. The molecule has 1 saturated heterocycles. The molecule has 0 aliphatic carbocycles. The summed E-state index contributed by atoms with van der Waals surface area (Å²) in [5.74, 6) is 0.970. The number of hydrogen-bond donors (Lipinski definition) is 1. The number of carbonyl (C=O) groups is 1. The van der Waals surface area contributed by atoms with Crippen molar-refractivity contribution in [2.75, 3.05) is 38.7 Å². The first-order valence-corrected chi connectivity index (χ1v) is 7.14. The highest BCUT2D eigenvalue weighted by atomic mass is 35.5. The third kappa shape index (κ3) is 3.41. The van der Waals surface area contributed by atoms with E-state index in [1.807, 2.05) is 23.9 Å². The second-order valence-corrected chi connectivity index (χ2v) is 5.74. The van der Waals surface area contributed by atoms with Gasteiger partial charge in [-0.2, -0.15) is 0 Å². The first-order chi connectivity index (χ1) is 9.51. The molecule has 0 spiro atoms. The zero-order valence-electron chi connectivity index (χ0n) is 11.8. The number of rotatable bonds is 3. The van der Waals surface area contributed by atoms with Crippen molar-refractivity contribution >= 4 is 23.3 Å². The summed E-state index contributed by atoms with van der Waals surface area (Å²) in [5.41, 5.74) is 0.566. The van der Waals surface area contributed by atoms with Crippen molar-refractivity contribution in [2.45, 2.75) is 12.8 Å². The molecule has 1 aliphatic heterocycles. The third-order valence-electron chi connectivity index (χ3n) is 3.65. The van der Waals surface area contributed by atoms with Crippen LogP contribution in [0.5, 0.6) is 0 Å². The molecule has 0 radical (unpaired) electrons. The Morgan fingerprint density at radius 3 is 2.65 bits per heavy atom. The van der Waals surface area contributed by atoms with E-state index >= 15 is 0 Å². The topological polar surface area (TPSA) is 56.7 Å². The van der Waals surface area contributed by atoms with Crippen LogP contribution in [0.2, 0.25) is 5.15 Å². The van der Waals surface area contributed by atoms with Gasteiger partial charge in [0.15, 0.2) is 0 Å². The van der Waals surface area contributed by atoms with Crippen molar-refractivity contribution in [1.82, 2.24) is 9.88 Å². The Hall–Kier alpha value is -1.33. The number of nitrogens with zero attached hydrogens (tertiary/aromatic N) is 3. The number of aromatic nitrogens is 1. The first-order valence-electron chi connectivity index (χ1n) is 6.76. The number of aliphatic hydroxyl groups is 1. The fraction of sp³-hybridized carbons (Fsp3) is 0.571. The summed E-state index contributed by atoms with van der Waals surface area (Å²) in [7, 11) is 3.72. The van der Waals surface area contributed by atoms with Crippen LogP contribution in [0.1, 0.15) is 23.2 Å². The highest BCUT2D eigenvalue weighted by Crippen LogP contribution is 2.21. The minimum absolute atomic E-state index is 0.0196. The smallest absolute Gasteiger partial charge is 0.254 e. The van der Waals surface area contributed by atoms with E-state index in [4.69, 9.17) is 16.7 Å². The fourth-order valence-corrected chi connectivity index (χ4v) is 2.54. The highest BCUT2D eigenvalue weighted by molar-refractivity contribution is 6.29. The van der Waals surface area contributed by atoms with Gasteiger partial charge in [0.05, 0.1) is 0 Å². The number of anilines is 1. The SMILES string of the molecule is CN(C)c1cc(C(=O)N2CCC(CO)CC2)cc(Cl)n1. The highest BCUT2D eigenvalue weighted by Gasteiger charge is 2.23. The molecule has 0 unspecified atom stereocenters. The maximum atomic E-state index is 12.5. The summed E-state index contributed by atoms with van der Waals surface area (Å²) in [6, 6.07) is 3.36. The van der Waals surface area contributed by atoms with Crippen molar-refractivity contribution < 1.29 is 9.90 Å². The molecule has 1 aromatic heterocycles. The Kier molecular flexibility index (Phi) is 4.83. The van der Waals surface area contributed by atoms with Crippen molar-refractivity contribution in [1.29, 1.82) is 0 Å². The van der Waals surface area contributed by atoms with E-state index in [1.54, 1.807) is 12.1 Å². The number of pyridine rings is 1. The number of hydrogen-bond acceptors (Lipinski definition) is 4. The van der Waals surface area contributed by atoms with Crippen LogP contribution in [0, 0.1) is 5.92 Å². The molecular formula is C14H20ClN3O2. The second-order valence-electron chi connectivity index (χ2n) is 5.35. The molecule has 1 fully saturated rings. The number of piperidine rings is 1. The molecule has 20 heavy (non-hydrogen) atoms. The molecule has 6 heteroatoms. The lowest BCUT2D eigenvalue weighted by atomic mass is 9.97. The monoisotopic (exact) mass is 297 g/mol. The number of aliphatic hydroxyl groups excluding tert-OH is 1. The van der Waals surface area contributed by atoms with E-state index in [0.717, 1.165) is 12.8 Å². The largest absolute Gasteiger partial charge is 0.396 e. The molecule has 1 aliphatic rings. The van der Waals surface area contributed by atoms with Gasteiger partial charge < -0.3 is 14.9 Å². The van der Waals surface area contributed by atoms with Gasteiger partial charge in [0.1, 0.15) is 11.0 Å². The van der Waals surface area contributed by atoms with Crippen LogP contribution in [0.4, 0.5) is 5.82 Å². The molecule has 110 valence electrons. The summed E-state index contributed by atoms with van der Waals surface area (Å²) in [6.45, 7) is 1.57. The van der Waals surface area contributed by atoms with Crippen LogP contribution in [0.15, 0.2) is 12.1 Å². The van der Waals surface area contributed by atoms with E-state index < -0.39 is 0 Å². The molecule has 1 aromatic rings. The molecule has 0 aromatic carbocycles. The lowest BCUT2D eigenvalue weighted by Crippen LogP contribution is -2.39. The van der Waals surface area contributed by atoms with Crippen LogP contribution >= 0.6 is 11.6 Å². The van der Waals surface area contributed by atoms with Crippen LogP contribution in [0.25, 0.3) is 0 Å². The zero-order valence-corrected chi connectivity index (χ0v) is 12.6.